The molecule has 0 radical (unpaired) electrons. The minimum Gasteiger partial charge on any atom is -0.468 e. The van der Waals surface area contributed by atoms with E-state index in [-0.39, 0.29) is 12.1 Å². The van der Waals surface area contributed by atoms with Gasteiger partial charge in [-0.15, -0.1) is 0 Å². The van der Waals surface area contributed by atoms with Crippen LogP contribution in [-0.2, 0) is 0 Å². The summed E-state index contributed by atoms with van der Waals surface area (Å²) >= 11 is 0. The van der Waals surface area contributed by atoms with E-state index >= 15 is 0 Å². The largest absolute Gasteiger partial charge is 0.468 e. The zero-order valence-corrected chi connectivity index (χ0v) is 11.9. The van der Waals surface area contributed by atoms with E-state index in [2.05, 4.69) is 17.9 Å². The van der Waals surface area contributed by atoms with Crippen molar-refractivity contribution in [1.82, 2.24) is 4.90 Å². The van der Waals surface area contributed by atoms with Crippen LogP contribution < -0.4 is 5.73 Å². The Kier molecular flexibility index (Phi) is 3.94. The Labute approximate surface area is 116 Å². The van der Waals surface area contributed by atoms with Gasteiger partial charge in [-0.05, 0) is 57.2 Å². The van der Waals surface area contributed by atoms with Crippen LogP contribution in [0.3, 0.4) is 0 Å². The van der Waals surface area contributed by atoms with Gasteiger partial charge in [0.1, 0.15) is 5.76 Å². The van der Waals surface area contributed by atoms with Crippen LogP contribution in [0.2, 0.25) is 0 Å². The third kappa shape index (κ3) is 2.59. The monoisotopic (exact) mass is 262 g/mol. The third-order valence-electron chi connectivity index (χ3n) is 4.98. The van der Waals surface area contributed by atoms with E-state index in [9.17, 15) is 0 Å². The smallest absolute Gasteiger partial charge is 0.122 e. The summed E-state index contributed by atoms with van der Waals surface area (Å²) in [5.41, 5.74) is 6.27. The fraction of sp³-hybridized carbons (Fsp3) is 0.750. The lowest BCUT2D eigenvalue weighted by Gasteiger charge is -2.37. The summed E-state index contributed by atoms with van der Waals surface area (Å²) in [6, 6.07) is 5.16. The molecule has 3 atom stereocenters. The predicted octanol–water partition coefficient (Wildman–Crippen LogP) is 3.32. The van der Waals surface area contributed by atoms with E-state index in [1.807, 2.05) is 6.07 Å². The highest BCUT2D eigenvalue weighted by Crippen LogP contribution is 2.40. The van der Waals surface area contributed by atoms with E-state index in [1.54, 1.807) is 6.26 Å². The summed E-state index contributed by atoms with van der Waals surface area (Å²) in [5.74, 6) is 1.93. The van der Waals surface area contributed by atoms with Crippen molar-refractivity contribution in [2.75, 3.05) is 6.54 Å². The number of rotatable bonds is 4. The Bertz CT molecular complexity index is 381. The maximum Gasteiger partial charge on any atom is 0.122 e. The molecular weight excluding hydrogens is 236 g/mol. The van der Waals surface area contributed by atoms with Crippen LogP contribution >= 0.6 is 0 Å². The van der Waals surface area contributed by atoms with Crippen molar-refractivity contribution in [3.05, 3.63) is 24.2 Å². The number of nitrogens with zero attached hydrogens (tertiary/aromatic N) is 1. The molecule has 1 saturated heterocycles. The fourth-order valence-electron chi connectivity index (χ4n) is 4.19. The average Bonchev–Trinajstić information content (AvgIpc) is 3.11. The van der Waals surface area contributed by atoms with E-state index in [0.717, 1.165) is 17.7 Å². The topological polar surface area (TPSA) is 42.4 Å². The molecule has 2 fully saturated rings. The van der Waals surface area contributed by atoms with Crippen LogP contribution in [0.25, 0.3) is 0 Å². The highest BCUT2D eigenvalue weighted by atomic mass is 16.3. The fourth-order valence-corrected chi connectivity index (χ4v) is 4.19. The molecule has 0 amide bonds. The molecule has 2 aliphatic rings. The molecule has 3 nitrogen and oxygen atoms in total. The summed E-state index contributed by atoms with van der Waals surface area (Å²) in [4.78, 5) is 2.64. The third-order valence-corrected chi connectivity index (χ3v) is 4.98. The summed E-state index contributed by atoms with van der Waals surface area (Å²) in [6.45, 7) is 3.28. The normalized spacial score (nSPS) is 28.8. The van der Waals surface area contributed by atoms with Gasteiger partial charge < -0.3 is 10.2 Å². The Balaban J connectivity index is 1.80. The van der Waals surface area contributed by atoms with Crippen LogP contribution in [0.15, 0.2) is 22.8 Å². The first-order valence-electron chi connectivity index (χ1n) is 7.82. The summed E-state index contributed by atoms with van der Waals surface area (Å²) in [7, 11) is 0. The van der Waals surface area contributed by atoms with E-state index in [4.69, 9.17) is 10.2 Å². The molecule has 3 unspecified atom stereocenters. The Morgan fingerprint density at radius 3 is 2.68 bits per heavy atom. The maximum absolute atomic E-state index is 6.27. The number of nitrogens with two attached hydrogens (primary N) is 1. The predicted molar refractivity (Wildman–Crippen MR) is 76.8 cm³/mol. The molecule has 0 spiro atoms. The van der Waals surface area contributed by atoms with E-state index < -0.39 is 0 Å². The minimum absolute atomic E-state index is 0.119. The van der Waals surface area contributed by atoms with Gasteiger partial charge in [0.25, 0.3) is 0 Å². The van der Waals surface area contributed by atoms with Crippen molar-refractivity contribution in [1.29, 1.82) is 0 Å². The van der Waals surface area contributed by atoms with Gasteiger partial charge in [0, 0.05) is 12.1 Å². The second-order valence-electron chi connectivity index (χ2n) is 6.31. The van der Waals surface area contributed by atoms with Crippen molar-refractivity contribution in [2.24, 2.45) is 11.7 Å². The minimum atomic E-state index is 0.119. The Hall–Kier alpha value is -0.800. The molecule has 2 N–H and O–H groups in total. The maximum atomic E-state index is 6.27. The molecule has 3 heteroatoms. The Morgan fingerprint density at radius 2 is 2.05 bits per heavy atom. The molecule has 1 saturated carbocycles. The van der Waals surface area contributed by atoms with Crippen molar-refractivity contribution >= 4 is 0 Å². The lowest BCUT2D eigenvalue weighted by atomic mass is 9.94. The molecule has 106 valence electrons. The number of hydrogen-bond acceptors (Lipinski definition) is 3. The van der Waals surface area contributed by atoms with Crippen molar-refractivity contribution in [2.45, 2.75) is 63.6 Å². The first-order valence-corrected chi connectivity index (χ1v) is 7.82. The van der Waals surface area contributed by atoms with Gasteiger partial charge in [-0.1, -0.05) is 12.8 Å². The zero-order chi connectivity index (χ0) is 13.2. The van der Waals surface area contributed by atoms with Crippen molar-refractivity contribution in [3.63, 3.8) is 0 Å². The van der Waals surface area contributed by atoms with Gasteiger partial charge in [-0.3, -0.25) is 4.90 Å². The van der Waals surface area contributed by atoms with Crippen LogP contribution in [0.5, 0.6) is 0 Å². The molecule has 1 aromatic heterocycles. The lowest BCUT2D eigenvalue weighted by Crippen LogP contribution is -2.44. The van der Waals surface area contributed by atoms with Crippen LogP contribution in [0.4, 0.5) is 0 Å². The zero-order valence-electron chi connectivity index (χ0n) is 11.9. The summed E-state index contributed by atoms with van der Waals surface area (Å²) in [6.07, 6.45) is 10.1. The molecular formula is C16H26N2O. The van der Waals surface area contributed by atoms with Gasteiger partial charge in [-0.2, -0.15) is 0 Å². The number of hydrogen-bond donors (Lipinski definition) is 1. The van der Waals surface area contributed by atoms with Crippen LogP contribution in [-0.4, -0.2) is 23.5 Å². The van der Waals surface area contributed by atoms with Crippen LogP contribution in [0.1, 0.15) is 57.3 Å². The molecule has 0 aromatic carbocycles. The molecule has 3 rings (SSSR count). The van der Waals surface area contributed by atoms with Crippen LogP contribution in [0, 0.1) is 5.92 Å². The molecule has 0 bridgehead atoms. The number of likely N-dealkylation sites (tertiary alicyclic amines) is 1. The second kappa shape index (κ2) is 5.68. The molecule has 19 heavy (non-hydrogen) atoms. The van der Waals surface area contributed by atoms with Gasteiger partial charge in [-0.25, -0.2) is 0 Å². The molecule has 1 aliphatic carbocycles. The highest BCUT2D eigenvalue weighted by Gasteiger charge is 2.39. The first-order chi connectivity index (χ1) is 9.27. The molecule has 2 heterocycles. The summed E-state index contributed by atoms with van der Waals surface area (Å²) < 4.78 is 5.66. The lowest BCUT2D eigenvalue weighted by molar-refractivity contribution is 0.106. The van der Waals surface area contributed by atoms with E-state index in [1.165, 1.54) is 45.1 Å². The number of furan rings is 1. The quantitative estimate of drug-likeness (QED) is 0.905. The standard InChI is InChI=1S/C16H26N2O/c1-12(17)16(15-9-5-11-19-15)18-10-4-8-14(18)13-6-2-3-7-13/h5,9,11-14,16H,2-4,6-8,10,17H2,1H3. The van der Waals surface area contributed by atoms with Gasteiger partial charge >= 0.3 is 0 Å². The van der Waals surface area contributed by atoms with Gasteiger partial charge in [0.15, 0.2) is 0 Å². The van der Waals surface area contributed by atoms with E-state index in [0.29, 0.717) is 0 Å². The second-order valence-corrected chi connectivity index (χ2v) is 6.31. The summed E-state index contributed by atoms with van der Waals surface area (Å²) in [5, 5.41) is 0. The Morgan fingerprint density at radius 1 is 1.26 bits per heavy atom. The molecule has 1 aromatic rings. The SMILES string of the molecule is CC(N)C(c1ccco1)N1CCCC1C1CCCC1. The van der Waals surface area contributed by atoms with Crippen molar-refractivity contribution in [3.8, 4) is 0 Å². The van der Waals surface area contributed by atoms with Gasteiger partial charge in [0.05, 0.1) is 12.3 Å². The average molecular weight is 262 g/mol. The van der Waals surface area contributed by atoms with Crippen molar-refractivity contribution < 1.29 is 4.42 Å². The van der Waals surface area contributed by atoms with Gasteiger partial charge in [0.2, 0.25) is 0 Å². The molecule has 1 aliphatic heterocycles. The highest BCUT2D eigenvalue weighted by molar-refractivity contribution is 5.09. The first kappa shape index (κ1) is 13.2.